The number of hydrogen-bond acceptors (Lipinski definition) is 8. The first-order valence-corrected chi connectivity index (χ1v) is 11.9. The second kappa shape index (κ2) is 10.1. The molecule has 1 fully saturated rings. The summed E-state index contributed by atoms with van der Waals surface area (Å²) in [4.78, 5) is 26.7. The molecule has 10 heteroatoms. The van der Waals surface area contributed by atoms with Crippen LogP contribution in [0.1, 0.15) is 28.2 Å². The van der Waals surface area contributed by atoms with Crippen LogP contribution < -0.4 is 0 Å². The maximum Gasteiger partial charge on any atom is 0.253 e. The number of thiophene rings is 1. The molecule has 0 atom stereocenters. The standard InChI is InChI=1S/C23H25N7O2S/c31-23(19-7-5-18(6-8-19)15-30-17-24-16-25-30)29-12-10-28(11-13-29)9-1-4-21-26-22(27-32-21)20-3-2-14-33-20/h2-3,5-8,14,16-17H,1,4,9-13,15H2. The first-order valence-electron chi connectivity index (χ1n) is 11.0. The zero-order chi connectivity index (χ0) is 22.5. The lowest BCUT2D eigenvalue weighted by Crippen LogP contribution is -2.48. The summed E-state index contributed by atoms with van der Waals surface area (Å²) in [5.41, 5.74) is 1.81. The number of carbonyl (C=O) groups excluding carboxylic acids is 1. The number of aromatic nitrogens is 5. The van der Waals surface area contributed by atoms with Crippen molar-refractivity contribution in [2.45, 2.75) is 19.4 Å². The van der Waals surface area contributed by atoms with Gasteiger partial charge in [-0.05, 0) is 42.1 Å². The summed E-state index contributed by atoms with van der Waals surface area (Å²) in [6.07, 6.45) is 4.92. The number of carbonyl (C=O) groups is 1. The minimum absolute atomic E-state index is 0.0916. The van der Waals surface area contributed by atoms with Crippen molar-refractivity contribution in [3.63, 3.8) is 0 Å². The topological polar surface area (TPSA) is 93.2 Å². The fourth-order valence-electron chi connectivity index (χ4n) is 3.93. The van der Waals surface area contributed by atoms with Gasteiger partial charge in [-0.2, -0.15) is 10.1 Å². The Morgan fingerprint density at radius 1 is 1.09 bits per heavy atom. The van der Waals surface area contributed by atoms with E-state index in [0.717, 1.165) is 61.6 Å². The molecule has 5 rings (SSSR count). The van der Waals surface area contributed by atoms with E-state index in [-0.39, 0.29) is 5.91 Å². The second-order valence-electron chi connectivity index (χ2n) is 8.02. The fourth-order valence-corrected chi connectivity index (χ4v) is 4.58. The third kappa shape index (κ3) is 5.35. The van der Waals surface area contributed by atoms with E-state index >= 15 is 0 Å². The summed E-state index contributed by atoms with van der Waals surface area (Å²) in [6, 6.07) is 11.7. The van der Waals surface area contributed by atoms with Crippen LogP contribution in [0.4, 0.5) is 0 Å². The van der Waals surface area contributed by atoms with E-state index < -0.39 is 0 Å². The third-order valence-corrected chi connectivity index (χ3v) is 6.61. The molecule has 4 aromatic rings. The van der Waals surface area contributed by atoms with E-state index in [1.165, 1.54) is 6.33 Å². The van der Waals surface area contributed by atoms with Gasteiger partial charge < -0.3 is 9.42 Å². The zero-order valence-corrected chi connectivity index (χ0v) is 19.0. The Morgan fingerprint density at radius 3 is 2.67 bits per heavy atom. The van der Waals surface area contributed by atoms with Gasteiger partial charge in [0.2, 0.25) is 11.7 Å². The fraction of sp³-hybridized carbons (Fsp3) is 0.348. The first-order chi connectivity index (χ1) is 16.2. The van der Waals surface area contributed by atoms with Gasteiger partial charge in [-0.1, -0.05) is 23.4 Å². The highest BCUT2D eigenvalue weighted by Gasteiger charge is 2.22. The monoisotopic (exact) mass is 463 g/mol. The Hall–Kier alpha value is -3.37. The molecule has 0 spiro atoms. The first kappa shape index (κ1) is 21.5. The Balaban J connectivity index is 1.05. The minimum atomic E-state index is 0.0916. The normalized spacial score (nSPS) is 14.6. The summed E-state index contributed by atoms with van der Waals surface area (Å²) in [5.74, 6) is 1.44. The predicted octanol–water partition coefficient (Wildman–Crippen LogP) is 2.83. The van der Waals surface area contributed by atoms with Gasteiger partial charge in [0.1, 0.15) is 12.7 Å². The molecule has 1 aliphatic heterocycles. The Morgan fingerprint density at radius 2 is 1.94 bits per heavy atom. The van der Waals surface area contributed by atoms with Gasteiger partial charge >= 0.3 is 0 Å². The molecule has 0 radical (unpaired) electrons. The maximum atomic E-state index is 12.9. The molecule has 3 aromatic heterocycles. The lowest BCUT2D eigenvalue weighted by Gasteiger charge is -2.34. The van der Waals surface area contributed by atoms with Crippen molar-refractivity contribution < 1.29 is 9.32 Å². The van der Waals surface area contributed by atoms with Crippen molar-refractivity contribution in [1.29, 1.82) is 0 Å². The van der Waals surface area contributed by atoms with E-state index in [4.69, 9.17) is 4.52 Å². The molecule has 0 N–H and O–H groups in total. The SMILES string of the molecule is O=C(c1ccc(Cn2cncn2)cc1)N1CCN(CCCc2nc(-c3cccs3)no2)CC1. The highest BCUT2D eigenvalue weighted by molar-refractivity contribution is 7.13. The van der Waals surface area contributed by atoms with Gasteiger partial charge in [-0.3, -0.25) is 9.69 Å². The lowest BCUT2D eigenvalue weighted by molar-refractivity contribution is 0.0635. The maximum absolute atomic E-state index is 12.9. The highest BCUT2D eigenvalue weighted by Crippen LogP contribution is 2.21. The Bertz CT molecular complexity index is 1150. The average Bonchev–Trinajstić information content (AvgIpc) is 3.62. The molecular weight excluding hydrogens is 438 g/mol. The molecule has 1 aromatic carbocycles. The number of rotatable bonds is 8. The van der Waals surface area contributed by atoms with Crippen LogP contribution in [0.15, 0.2) is 59.0 Å². The van der Waals surface area contributed by atoms with Crippen LogP contribution in [0, 0.1) is 0 Å². The van der Waals surface area contributed by atoms with Crippen molar-refractivity contribution in [2.75, 3.05) is 32.7 Å². The van der Waals surface area contributed by atoms with Crippen molar-refractivity contribution in [1.82, 2.24) is 34.7 Å². The number of aryl methyl sites for hydroxylation is 1. The van der Waals surface area contributed by atoms with Crippen molar-refractivity contribution in [3.8, 4) is 10.7 Å². The molecule has 170 valence electrons. The number of piperazine rings is 1. The summed E-state index contributed by atoms with van der Waals surface area (Å²) in [6.45, 7) is 4.83. The van der Waals surface area contributed by atoms with Gasteiger partial charge in [0, 0.05) is 38.2 Å². The molecule has 0 aliphatic carbocycles. The summed E-state index contributed by atoms with van der Waals surface area (Å²) >= 11 is 1.61. The van der Waals surface area contributed by atoms with Crippen LogP contribution in [-0.2, 0) is 13.0 Å². The average molecular weight is 464 g/mol. The molecule has 0 bridgehead atoms. The largest absolute Gasteiger partial charge is 0.339 e. The van der Waals surface area contributed by atoms with E-state index in [1.54, 1.807) is 22.3 Å². The van der Waals surface area contributed by atoms with E-state index in [2.05, 4.69) is 25.1 Å². The van der Waals surface area contributed by atoms with E-state index in [1.807, 2.05) is 46.7 Å². The van der Waals surface area contributed by atoms with Crippen LogP contribution in [0.25, 0.3) is 10.7 Å². The molecule has 1 aliphatic rings. The van der Waals surface area contributed by atoms with Crippen LogP contribution >= 0.6 is 11.3 Å². The van der Waals surface area contributed by atoms with Crippen LogP contribution in [0.2, 0.25) is 0 Å². The summed E-state index contributed by atoms with van der Waals surface area (Å²) in [5, 5.41) is 10.2. The van der Waals surface area contributed by atoms with Crippen molar-refractivity contribution >= 4 is 17.2 Å². The number of amides is 1. The molecule has 4 heterocycles. The van der Waals surface area contributed by atoms with Crippen molar-refractivity contribution in [3.05, 3.63) is 71.5 Å². The van der Waals surface area contributed by atoms with Crippen LogP contribution in [0.5, 0.6) is 0 Å². The molecule has 1 saturated heterocycles. The predicted molar refractivity (Wildman–Crippen MR) is 124 cm³/mol. The molecule has 33 heavy (non-hydrogen) atoms. The molecule has 9 nitrogen and oxygen atoms in total. The highest BCUT2D eigenvalue weighted by atomic mass is 32.1. The molecular formula is C23H25N7O2S. The van der Waals surface area contributed by atoms with Gasteiger partial charge in [-0.25, -0.2) is 9.67 Å². The van der Waals surface area contributed by atoms with Gasteiger partial charge in [0.25, 0.3) is 5.91 Å². The van der Waals surface area contributed by atoms with Crippen LogP contribution in [-0.4, -0.2) is 73.3 Å². The molecule has 0 unspecified atom stereocenters. The Kier molecular flexibility index (Phi) is 6.54. The molecule has 0 saturated carbocycles. The van der Waals surface area contributed by atoms with Crippen LogP contribution in [0.3, 0.4) is 0 Å². The number of hydrogen-bond donors (Lipinski definition) is 0. The minimum Gasteiger partial charge on any atom is -0.339 e. The quantitative estimate of drug-likeness (QED) is 0.397. The second-order valence-corrected chi connectivity index (χ2v) is 8.96. The molecule has 1 amide bonds. The van der Waals surface area contributed by atoms with Gasteiger partial charge in [0.15, 0.2) is 0 Å². The number of benzene rings is 1. The van der Waals surface area contributed by atoms with Gasteiger partial charge in [0.05, 0.1) is 11.4 Å². The van der Waals surface area contributed by atoms with Gasteiger partial charge in [-0.15, -0.1) is 11.3 Å². The summed E-state index contributed by atoms with van der Waals surface area (Å²) in [7, 11) is 0. The zero-order valence-electron chi connectivity index (χ0n) is 18.2. The summed E-state index contributed by atoms with van der Waals surface area (Å²) < 4.78 is 7.14. The smallest absolute Gasteiger partial charge is 0.253 e. The number of nitrogens with zero attached hydrogens (tertiary/aromatic N) is 7. The Labute approximate surface area is 195 Å². The third-order valence-electron chi connectivity index (χ3n) is 5.75. The van der Waals surface area contributed by atoms with E-state index in [9.17, 15) is 4.79 Å². The lowest BCUT2D eigenvalue weighted by atomic mass is 10.1. The van der Waals surface area contributed by atoms with Crippen molar-refractivity contribution in [2.24, 2.45) is 0 Å². The van der Waals surface area contributed by atoms with E-state index in [0.29, 0.717) is 18.3 Å².